The molecule has 0 aliphatic heterocycles. The molecule has 0 spiro atoms. The third-order valence-corrected chi connectivity index (χ3v) is 5.58. The fraction of sp³-hybridized carbons (Fsp3) is 0.120. The SMILES string of the molecule is C=C(C)CN=c1scc(-c2ccc3cc(OC)ccc3c2)n1N=Cc1ccc(O)cc1. The molecule has 0 saturated carbocycles. The number of hydrogen-bond acceptors (Lipinski definition) is 5. The Morgan fingerprint density at radius 1 is 1.10 bits per heavy atom. The number of benzene rings is 3. The van der Waals surface area contributed by atoms with Gasteiger partial charge < -0.3 is 9.84 Å². The Kier molecular flexibility index (Phi) is 6.00. The van der Waals surface area contributed by atoms with E-state index in [1.807, 2.05) is 35.9 Å². The van der Waals surface area contributed by atoms with Gasteiger partial charge in [0, 0.05) is 10.9 Å². The van der Waals surface area contributed by atoms with Gasteiger partial charge in [0.2, 0.25) is 4.80 Å². The van der Waals surface area contributed by atoms with Crippen LogP contribution in [0.5, 0.6) is 11.5 Å². The van der Waals surface area contributed by atoms with Crippen molar-refractivity contribution in [2.45, 2.75) is 6.92 Å². The summed E-state index contributed by atoms with van der Waals surface area (Å²) in [7, 11) is 1.67. The number of phenols is 1. The molecular weight excluding hydrogens is 406 g/mol. The van der Waals surface area contributed by atoms with E-state index in [1.54, 1.807) is 36.8 Å². The molecule has 1 heterocycles. The quantitative estimate of drug-likeness (QED) is 0.328. The van der Waals surface area contributed by atoms with Gasteiger partial charge in [-0.15, -0.1) is 11.3 Å². The van der Waals surface area contributed by atoms with Crippen molar-refractivity contribution >= 4 is 28.3 Å². The van der Waals surface area contributed by atoms with Crippen molar-refractivity contribution < 1.29 is 9.84 Å². The zero-order valence-electron chi connectivity index (χ0n) is 17.4. The van der Waals surface area contributed by atoms with Gasteiger partial charge in [0.15, 0.2) is 0 Å². The highest BCUT2D eigenvalue weighted by Crippen LogP contribution is 2.27. The minimum absolute atomic E-state index is 0.228. The van der Waals surface area contributed by atoms with Crippen LogP contribution in [0.25, 0.3) is 22.0 Å². The van der Waals surface area contributed by atoms with Crippen LogP contribution >= 0.6 is 11.3 Å². The lowest BCUT2D eigenvalue weighted by Gasteiger charge is -2.07. The third kappa shape index (κ3) is 4.75. The molecule has 1 aromatic heterocycles. The van der Waals surface area contributed by atoms with Crippen LogP contribution in [-0.4, -0.2) is 29.7 Å². The lowest BCUT2D eigenvalue weighted by Crippen LogP contribution is -2.13. The van der Waals surface area contributed by atoms with E-state index in [9.17, 15) is 5.11 Å². The van der Waals surface area contributed by atoms with Crippen molar-refractivity contribution in [2.24, 2.45) is 10.1 Å². The molecule has 156 valence electrons. The second-order valence-corrected chi connectivity index (χ2v) is 8.09. The van der Waals surface area contributed by atoms with Gasteiger partial charge in [-0.3, -0.25) is 4.99 Å². The summed E-state index contributed by atoms with van der Waals surface area (Å²) >= 11 is 1.54. The summed E-state index contributed by atoms with van der Waals surface area (Å²) in [6.45, 7) is 6.45. The third-order valence-electron chi connectivity index (χ3n) is 4.73. The summed E-state index contributed by atoms with van der Waals surface area (Å²) in [5, 5.41) is 18.5. The molecule has 0 unspecified atom stereocenters. The van der Waals surface area contributed by atoms with Gasteiger partial charge in [0.1, 0.15) is 11.5 Å². The molecule has 0 aliphatic rings. The first kappa shape index (κ1) is 20.6. The van der Waals surface area contributed by atoms with E-state index in [4.69, 9.17) is 9.84 Å². The topological polar surface area (TPSA) is 59.1 Å². The predicted octanol–water partition coefficient (Wildman–Crippen LogP) is 5.44. The highest BCUT2D eigenvalue weighted by molar-refractivity contribution is 7.07. The average molecular weight is 430 g/mol. The number of fused-ring (bicyclic) bond motifs is 1. The van der Waals surface area contributed by atoms with Gasteiger partial charge in [0.05, 0.1) is 25.6 Å². The average Bonchev–Trinajstić information content (AvgIpc) is 3.19. The van der Waals surface area contributed by atoms with Crippen LogP contribution in [-0.2, 0) is 0 Å². The first-order valence-electron chi connectivity index (χ1n) is 9.80. The number of aromatic hydroxyl groups is 1. The van der Waals surface area contributed by atoms with Crippen LogP contribution in [0.4, 0.5) is 0 Å². The van der Waals surface area contributed by atoms with E-state index in [-0.39, 0.29) is 5.75 Å². The number of nitrogens with zero attached hydrogens (tertiary/aromatic N) is 3. The van der Waals surface area contributed by atoms with Crippen molar-refractivity contribution in [1.82, 2.24) is 4.68 Å². The van der Waals surface area contributed by atoms with Crippen molar-refractivity contribution in [3.8, 4) is 22.8 Å². The summed E-state index contributed by atoms with van der Waals surface area (Å²) in [5.41, 5.74) is 3.88. The number of rotatable bonds is 6. The molecule has 0 aliphatic carbocycles. The molecule has 0 fully saturated rings. The van der Waals surface area contributed by atoms with E-state index < -0.39 is 0 Å². The monoisotopic (exact) mass is 429 g/mol. The standard InChI is InChI=1S/C25H23N3O2S/c1-17(2)14-26-25-28(27-15-18-4-9-22(29)10-5-18)24(16-31-25)21-7-6-20-13-23(30-3)11-8-19(20)12-21/h4-13,15-16,29H,1,14H2,2-3H3. The maximum absolute atomic E-state index is 9.51. The molecule has 5 nitrogen and oxygen atoms in total. The van der Waals surface area contributed by atoms with Crippen molar-refractivity contribution in [2.75, 3.05) is 13.7 Å². The molecule has 4 aromatic rings. The van der Waals surface area contributed by atoms with Crippen molar-refractivity contribution in [1.29, 1.82) is 0 Å². The van der Waals surface area contributed by atoms with Crippen LogP contribution in [0.3, 0.4) is 0 Å². The maximum atomic E-state index is 9.51. The Morgan fingerprint density at radius 3 is 2.58 bits per heavy atom. The molecule has 3 aromatic carbocycles. The Balaban J connectivity index is 1.80. The molecule has 0 saturated heterocycles. The Labute approximate surface area is 184 Å². The zero-order valence-corrected chi connectivity index (χ0v) is 18.3. The molecule has 31 heavy (non-hydrogen) atoms. The molecule has 6 heteroatoms. The first-order chi connectivity index (χ1) is 15.0. The van der Waals surface area contributed by atoms with Gasteiger partial charge in [-0.1, -0.05) is 30.4 Å². The molecular formula is C25H23N3O2S. The molecule has 0 bridgehead atoms. The highest BCUT2D eigenvalue weighted by atomic mass is 32.1. The van der Waals surface area contributed by atoms with E-state index in [1.165, 1.54) is 0 Å². The highest BCUT2D eigenvalue weighted by Gasteiger charge is 2.09. The smallest absolute Gasteiger partial charge is 0.206 e. The molecule has 0 atom stereocenters. The first-order valence-corrected chi connectivity index (χ1v) is 10.7. The fourth-order valence-electron chi connectivity index (χ4n) is 3.12. The van der Waals surface area contributed by atoms with Crippen LogP contribution < -0.4 is 9.54 Å². The Bertz CT molecular complexity index is 1330. The van der Waals surface area contributed by atoms with Crippen LogP contribution in [0.15, 0.2) is 88.3 Å². The van der Waals surface area contributed by atoms with E-state index in [2.05, 4.69) is 41.2 Å². The lowest BCUT2D eigenvalue weighted by atomic mass is 10.1. The fourth-order valence-corrected chi connectivity index (χ4v) is 3.95. The Morgan fingerprint density at radius 2 is 1.84 bits per heavy atom. The zero-order chi connectivity index (χ0) is 21.8. The molecule has 4 rings (SSSR count). The number of thiazole rings is 1. The molecule has 0 amide bonds. The van der Waals surface area contributed by atoms with Crippen LogP contribution in [0.2, 0.25) is 0 Å². The second kappa shape index (κ2) is 9.02. The minimum Gasteiger partial charge on any atom is -0.508 e. The van der Waals surface area contributed by atoms with Crippen molar-refractivity contribution in [3.05, 3.63) is 88.6 Å². The van der Waals surface area contributed by atoms with Gasteiger partial charge in [0.25, 0.3) is 0 Å². The molecule has 1 N–H and O–H groups in total. The second-order valence-electron chi connectivity index (χ2n) is 7.25. The van der Waals surface area contributed by atoms with Gasteiger partial charge in [-0.05, 0) is 65.7 Å². The summed E-state index contributed by atoms with van der Waals surface area (Å²) in [5.74, 6) is 1.07. The number of ether oxygens (including phenoxy) is 1. The van der Waals surface area contributed by atoms with Gasteiger partial charge in [-0.2, -0.15) is 5.10 Å². The lowest BCUT2D eigenvalue weighted by molar-refractivity contribution is 0.415. The summed E-state index contributed by atoms with van der Waals surface area (Å²) in [6.07, 6.45) is 1.77. The van der Waals surface area contributed by atoms with Gasteiger partial charge >= 0.3 is 0 Å². The summed E-state index contributed by atoms with van der Waals surface area (Å²) in [4.78, 5) is 5.47. The van der Waals surface area contributed by atoms with Crippen LogP contribution in [0, 0.1) is 0 Å². The van der Waals surface area contributed by atoms with Gasteiger partial charge in [-0.25, -0.2) is 4.68 Å². The number of hydrogen-bond donors (Lipinski definition) is 1. The van der Waals surface area contributed by atoms with Crippen LogP contribution in [0.1, 0.15) is 12.5 Å². The van der Waals surface area contributed by atoms with Crippen molar-refractivity contribution in [3.63, 3.8) is 0 Å². The van der Waals surface area contributed by atoms with E-state index in [0.29, 0.717) is 6.54 Å². The number of aromatic nitrogens is 1. The minimum atomic E-state index is 0.228. The number of phenolic OH excluding ortho intramolecular Hbond substituents is 1. The summed E-state index contributed by atoms with van der Waals surface area (Å²) < 4.78 is 7.18. The predicted molar refractivity (Wildman–Crippen MR) is 128 cm³/mol. The van der Waals surface area contributed by atoms with E-state index >= 15 is 0 Å². The maximum Gasteiger partial charge on any atom is 0.206 e. The largest absolute Gasteiger partial charge is 0.508 e. The Hall–Kier alpha value is -3.64. The number of methoxy groups -OCH3 is 1. The normalized spacial score (nSPS) is 12.0. The molecule has 0 radical (unpaired) electrons. The van der Waals surface area contributed by atoms with E-state index in [0.717, 1.165) is 43.7 Å². The summed E-state index contributed by atoms with van der Waals surface area (Å²) in [6, 6.07) is 19.3.